The second-order valence-electron chi connectivity index (χ2n) is 17.2. The quantitative estimate of drug-likeness (QED) is 0.182. The molecule has 1 aliphatic heterocycles. The smallest absolute Gasteiger partial charge is 0.0372 e. The van der Waals surface area contributed by atoms with Crippen molar-refractivity contribution in [2.75, 3.05) is 38.0 Å². The van der Waals surface area contributed by atoms with Gasteiger partial charge in [0.1, 0.15) is 0 Å². The van der Waals surface area contributed by atoms with Crippen LogP contribution in [0.2, 0.25) is 0 Å². The molecule has 1 heterocycles. The summed E-state index contributed by atoms with van der Waals surface area (Å²) in [5.41, 5.74) is 16.2. The van der Waals surface area contributed by atoms with Gasteiger partial charge in [0.15, 0.2) is 0 Å². The number of aryl methyl sites for hydroxylation is 2. The minimum Gasteiger partial charge on any atom is -0.378 e. The van der Waals surface area contributed by atoms with Gasteiger partial charge in [0, 0.05) is 49.4 Å². The molecule has 0 fully saturated rings. The molecule has 0 bridgehead atoms. The van der Waals surface area contributed by atoms with Gasteiger partial charge in [-0.25, -0.2) is 0 Å². The van der Waals surface area contributed by atoms with Gasteiger partial charge < -0.3 is 9.80 Å². The maximum atomic E-state index is 5.00. The number of hydrogen-bond donors (Lipinski definition) is 1. The average Bonchev–Trinajstić information content (AvgIpc) is 3.07. The number of fused-ring (bicyclic) bond motifs is 1. The maximum Gasteiger partial charge on any atom is 0.0372 e. The van der Waals surface area contributed by atoms with Crippen LogP contribution in [0, 0.1) is 24.7 Å². The summed E-state index contributed by atoms with van der Waals surface area (Å²) in [4.78, 5) is 7.98. The van der Waals surface area contributed by atoms with Crippen molar-refractivity contribution >= 4 is 52.5 Å². The van der Waals surface area contributed by atoms with Crippen LogP contribution in [-0.2, 0) is 0 Å². The molecule has 0 amide bonds. The molecular formula is C49H60N2S2. The van der Waals surface area contributed by atoms with Crippen LogP contribution in [0.1, 0.15) is 88.6 Å². The summed E-state index contributed by atoms with van der Waals surface area (Å²) in [6, 6.07) is 20.4. The molecule has 2 nitrogen and oxygen atoms in total. The normalized spacial score (nSPS) is 17.1. The Kier molecular flexibility index (Phi) is 12.4. The van der Waals surface area contributed by atoms with Crippen LogP contribution < -0.4 is 9.80 Å². The Bertz CT molecular complexity index is 2060. The van der Waals surface area contributed by atoms with E-state index in [1.165, 1.54) is 60.0 Å². The molecule has 0 radical (unpaired) electrons. The van der Waals surface area contributed by atoms with E-state index in [1.807, 2.05) is 11.8 Å². The molecule has 0 saturated heterocycles. The number of hydrogen-bond acceptors (Lipinski definition) is 4. The Hall–Kier alpha value is -3.86. The Morgan fingerprint density at radius 1 is 0.811 bits per heavy atom. The van der Waals surface area contributed by atoms with E-state index >= 15 is 0 Å². The van der Waals surface area contributed by atoms with Crippen molar-refractivity contribution in [1.82, 2.24) is 0 Å². The van der Waals surface area contributed by atoms with Crippen molar-refractivity contribution in [2.45, 2.75) is 84.4 Å². The topological polar surface area (TPSA) is 6.48 Å². The van der Waals surface area contributed by atoms with Gasteiger partial charge in [-0.3, -0.25) is 0 Å². The first-order valence-electron chi connectivity index (χ1n) is 18.9. The van der Waals surface area contributed by atoms with Crippen molar-refractivity contribution < 1.29 is 0 Å². The van der Waals surface area contributed by atoms with Crippen LogP contribution in [0.4, 0.5) is 11.4 Å². The van der Waals surface area contributed by atoms with Gasteiger partial charge in [0.25, 0.3) is 0 Å². The molecule has 3 aromatic carbocycles. The Balaban J connectivity index is 1.69. The molecule has 1 aliphatic carbocycles. The fourth-order valence-electron chi connectivity index (χ4n) is 6.78. The molecule has 0 N–H and O–H groups in total. The van der Waals surface area contributed by atoms with Crippen LogP contribution in [0.15, 0.2) is 129 Å². The van der Waals surface area contributed by atoms with E-state index < -0.39 is 0 Å². The molecule has 0 unspecified atom stereocenters. The number of rotatable bonds is 8. The van der Waals surface area contributed by atoms with E-state index in [1.54, 1.807) is 0 Å². The van der Waals surface area contributed by atoms with Gasteiger partial charge in [-0.1, -0.05) is 132 Å². The first-order valence-corrected chi connectivity index (χ1v) is 20.1. The highest BCUT2D eigenvalue weighted by molar-refractivity contribution is 8.03. The highest BCUT2D eigenvalue weighted by Gasteiger charge is 2.25. The zero-order valence-electron chi connectivity index (χ0n) is 34.2. The van der Waals surface area contributed by atoms with E-state index in [0.717, 1.165) is 46.6 Å². The fraction of sp³-hybridized carbons (Fsp3) is 0.347. The summed E-state index contributed by atoms with van der Waals surface area (Å²) >= 11 is 6.91. The number of anilines is 2. The first kappa shape index (κ1) is 40.3. The molecule has 0 spiro atoms. The highest BCUT2D eigenvalue weighted by Crippen LogP contribution is 2.48. The Morgan fingerprint density at radius 2 is 1.45 bits per heavy atom. The first-order chi connectivity index (χ1) is 24.8. The monoisotopic (exact) mass is 740 g/mol. The Morgan fingerprint density at radius 3 is 2.06 bits per heavy atom. The summed E-state index contributed by atoms with van der Waals surface area (Å²) < 4.78 is 0. The lowest BCUT2D eigenvalue weighted by atomic mass is 9.81. The second kappa shape index (κ2) is 16.2. The molecule has 53 heavy (non-hydrogen) atoms. The fourth-order valence-corrected chi connectivity index (χ4v) is 8.32. The molecule has 3 aromatic rings. The molecule has 4 heteroatoms. The summed E-state index contributed by atoms with van der Waals surface area (Å²) in [6.07, 6.45) is 17.3. The van der Waals surface area contributed by atoms with Crippen LogP contribution in [0.5, 0.6) is 0 Å². The summed E-state index contributed by atoms with van der Waals surface area (Å²) in [5.74, 6) is 0. The number of benzene rings is 3. The van der Waals surface area contributed by atoms with Gasteiger partial charge in [-0.05, 0) is 129 Å². The van der Waals surface area contributed by atoms with Crippen LogP contribution >= 0.6 is 24.4 Å². The molecule has 0 aromatic heterocycles. The summed E-state index contributed by atoms with van der Waals surface area (Å²) in [6.45, 7) is 22.5. The second-order valence-corrected chi connectivity index (χ2v) is 18.7. The summed E-state index contributed by atoms with van der Waals surface area (Å²) in [5, 5.41) is 0. The van der Waals surface area contributed by atoms with Crippen molar-refractivity contribution in [2.24, 2.45) is 10.8 Å². The lowest BCUT2D eigenvalue weighted by molar-refractivity contribution is 0.519. The molecule has 2 aliphatic rings. The van der Waals surface area contributed by atoms with Crippen molar-refractivity contribution in [3.63, 3.8) is 0 Å². The SMILES string of the molecule is C=C(/C=C(/C=C/C1=C(c2cc(C)cc(C)c2)C(=C/C=C2\C=C(C(C)(C)C)Sc3cc(N(C)C)ccc32)/CCC1)c1ccc(N(C)C)cc1S)C(C)(C)C. The number of allylic oxidation sites excluding steroid dienone is 13. The molecule has 278 valence electrons. The highest BCUT2D eigenvalue weighted by atomic mass is 32.2. The van der Waals surface area contributed by atoms with Crippen molar-refractivity contribution in [3.8, 4) is 0 Å². The molecule has 0 saturated carbocycles. The number of thiol groups is 1. The van der Waals surface area contributed by atoms with Crippen LogP contribution in [-0.4, -0.2) is 28.2 Å². The van der Waals surface area contributed by atoms with Gasteiger partial charge in [0.2, 0.25) is 0 Å². The predicted molar refractivity (Wildman–Crippen MR) is 241 cm³/mol. The van der Waals surface area contributed by atoms with Gasteiger partial charge in [-0.2, -0.15) is 0 Å². The minimum absolute atomic E-state index is 0.0528. The number of nitrogens with zero attached hydrogens (tertiary/aromatic N) is 2. The number of thioether (sulfide) groups is 1. The van der Waals surface area contributed by atoms with E-state index in [9.17, 15) is 0 Å². The van der Waals surface area contributed by atoms with Crippen molar-refractivity contribution in [1.29, 1.82) is 0 Å². The standard InChI is InChI=1S/C49H60N2S2/c1-32-25-33(2)27-39(26-32)47-35(17-19-37(28-34(3)48(4,5)6)42-23-21-40(50(10)11)30-44(42)52)15-14-16-36(47)18-20-38-29-46(49(7,8)9)53-45-31-41(51(12)13)22-24-43(38)45/h17-31,52H,3,14-16H2,1-2,4-13H3/b19-17+,36-18+,37-28-,38-20+. The van der Waals surface area contributed by atoms with E-state index in [4.69, 9.17) is 12.6 Å². The minimum atomic E-state index is -0.0528. The lowest BCUT2D eigenvalue weighted by Gasteiger charge is -2.29. The lowest BCUT2D eigenvalue weighted by Crippen LogP contribution is -2.12. The van der Waals surface area contributed by atoms with E-state index in [-0.39, 0.29) is 10.8 Å². The summed E-state index contributed by atoms with van der Waals surface area (Å²) in [7, 11) is 8.37. The van der Waals surface area contributed by atoms with Gasteiger partial charge in [0.05, 0.1) is 0 Å². The third-order valence-electron chi connectivity index (χ3n) is 10.1. The van der Waals surface area contributed by atoms with Crippen LogP contribution in [0.3, 0.4) is 0 Å². The zero-order valence-corrected chi connectivity index (χ0v) is 35.9. The molecular weight excluding hydrogens is 681 g/mol. The van der Waals surface area contributed by atoms with E-state index in [0.29, 0.717) is 0 Å². The molecule has 5 rings (SSSR count). The molecule has 0 atom stereocenters. The third kappa shape index (κ3) is 9.82. The zero-order chi connectivity index (χ0) is 38.8. The van der Waals surface area contributed by atoms with Gasteiger partial charge >= 0.3 is 0 Å². The van der Waals surface area contributed by atoms with E-state index in [2.05, 4.69) is 191 Å². The average molecular weight is 741 g/mol. The largest absolute Gasteiger partial charge is 0.378 e. The van der Waals surface area contributed by atoms with Crippen molar-refractivity contribution in [3.05, 3.63) is 147 Å². The maximum absolute atomic E-state index is 5.00. The van der Waals surface area contributed by atoms with Gasteiger partial charge in [-0.15, -0.1) is 12.6 Å². The predicted octanol–water partition coefficient (Wildman–Crippen LogP) is 13.9. The third-order valence-corrected chi connectivity index (χ3v) is 12.0. The van der Waals surface area contributed by atoms with Crippen LogP contribution in [0.25, 0.3) is 16.7 Å². The Labute approximate surface area is 331 Å².